The van der Waals surface area contributed by atoms with Gasteiger partial charge in [0, 0.05) is 10.7 Å². The fourth-order valence-electron chi connectivity index (χ4n) is 2.82. The van der Waals surface area contributed by atoms with Crippen LogP contribution in [0.15, 0.2) is 77.7 Å². The number of carbonyl (C=O) groups is 1. The Labute approximate surface area is 192 Å². The summed E-state index contributed by atoms with van der Waals surface area (Å²) in [6, 6.07) is 15.8. The van der Waals surface area contributed by atoms with Crippen molar-refractivity contribution < 1.29 is 26.4 Å². The molecule has 0 unspecified atom stereocenters. The fourth-order valence-corrected chi connectivity index (χ4v) is 4.67. The summed E-state index contributed by atoms with van der Waals surface area (Å²) in [4.78, 5) is 12.4. The zero-order chi connectivity index (χ0) is 23.5. The van der Waals surface area contributed by atoms with Crippen molar-refractivity contribution in [2.45, 2.75) is 11.1 Å². The second kappa shape index (κ2) is 9.40. The normalized spacial score (nSPS) is 11.8. The molecule has 0 aliphatic heterocycles. The maximum Gasteiger partial charge on any atom is 0.417 e. The van der Waals surface area contributed by atoms with E-state index in [1.54, 1.807) is 18.2 Å². The third-order valence-electron chi connectivity index (χ3n) is 4.27. The van der Waals surface area contributed by atoms with Crippen LogP contribution in [0.4, 0.5) is 24.5 Å². The first-order valence-electron chi connectivity index (χ1n) is 8.98. The first-order chi connectivity index (χ1) is 15.0. The zero-order valence-corrected chi connectivity index (χ0v) is 18.4. The number of carbonyl (C=O) groups excluding carboxylic acids is 1. The molecule has 0 saturated carbocycles. The van der Waals surface area contributed by atoms with Crippen molar-refractivity contribution in [3.05, 3.63) is 88.4 Å². The van der Waals surface area contributed by atoms with E-state index in [-0.39, 0.29) is 10.6 Å². The maximum atomic E-state index is 13.4. The average Bonchev–Trinajstić information content (AvgIpc) is 2.72. The predicted octanol–water partition coefficient (Wildman–Crippen LogP) is 5.85. The number of hydrogen-bond donors (Lipinski definition) is 1. The van der Waals surface area contributed by atoms with Crippen molar-refractivity contribution in [1.29, 1.82) is 0 Å². The molecule has 3 rings (SSSR count). The molecule has 0 spiro atoms. The van der Waals surface area contributed by atoms with Crippen molar-refractivity contribution in [3.63, 3.8) is 0 Å². The van der Waals surface area contributed by atoms with Gasteiger partial charge in [-0.25, -0.2) is 8.42 Å². The fraction of sp³-hybridized carbons (Fsp3) is 0.0952. The highest BCUT2D eigenvalue weighted by molar-refractivity contribution is 7.92. The molecule has 0 bridgehead atoms. The lowest BCUT2D eigenvalue weighted by atomic mass is 10.2. The summed E-state index contributed by atoms with van der Waals surface area (Å²) >= 11 is 11.5. The SMILES string of the molecule is O=C(CN(c1ccc(Cl)c(C(F)(F)F)c1)S(=O)(=O)c1ccccc1)Nc1cccc(Cl)c1. The Balaban J connectivity index is 2.04. The third kappa shape index (κ3) is 5.53. The van der Waals surface area contributed by atoms with E-state index in [1.807, 2.05) is 0 Å². The Kier molecular flexibility index (Phi) is 7.02. The number of nitrogens with one attached hydrogen (secondary N) is 1. The van der Waals surface area contributed by atoms with Gasteiger partial charge in [0.05, 0.1) is 21.2 Å². The Bertz CT molecular complexity index is 1240. The molecule has 1 N–H and O–H groups in total. The molecule has 32 heavy (non-hydrogen) atoms. The summed E-state index contributed by atoms with van der Waals surface area (Å²) in [5.41, 5.74) is -1.29. The second-order valence-electron chi connectivity index (χ2n) is 6.55. The van der Waals surface area contributed by atoms with Crippen LogP contribution < -0.4 is 9.62 Å². The van der Waals surface area contributed by atoms with E-state index >= 15 is 0 Å². The van der Waals surface area contributed by atoms with Gasteiger partial charge < -0.3 is 5.32 Å². The Morgan fingerprint density at radius 1 is 0.938 bits per heavy atom. The van der Waals surface area contributed by atoms with Gasteiger partial charge in [0.1, 0.15) is 6.54 Å². The summed E-state index contributed by atoms with van der Waals surface area (Å²) < 4.78 is 67.1. The minimum absolute atomic E-state index is 0.195. The lowest BCUT2D eigenvalue weighted by molar-refractivity contribution is -0.137. The quantitative estimate of drug-likeness (QED) is 0.459. The Morgan fingerprint density at radius 2 is 1.62 bits per heavy atom. The van der Waals surface area contributed by atoms with Gasteiger partial charge in [-0.1, -0.05) is 47.5 Å². The van der Waals surface area contributed by atoms with Crippen LogP contribution in [0.1, 0.15) is 5.56 Å². The maximum absolute atomic E-state index is 13.4. The molecule has 0 aromatic heterocycles. The summed E-state index contributed by atoms with van der Waals surface area (Å²) in [6.45, 7) is -0.789. The molecule has 0 aliphatic rings. The number of amides is 1. The van der Waals surface area contributed by atoms with Gasteiger partial charge in [-0.3, -0.25) is 9.10 Å². The van der Waals surface area contributed by atoms with Gasteiger partial charge in [0.15, 0.2) is 0 Å². The van der Waals surface area contributed by atoms with Crippen molar-refractivity contribution in [2.75, 3.05) is 16.2 Å². The second-order valence-corrected chi connectivity index (χ2v) is 9.25. The molecule has 168 valence electrons. The van der Waals surface area contributed by atoms with Crippen LogP contribution in [0.3, 0.4) is 0 Å². The van der Waals surface area contributed by atoms with Crippen LogP contribution in [-0.4, -0.2) is 20.9 Å². The molecule has 3 aromatic carbocycles. The highest BCUT2D eigenvalue weighted by Crippen LogP contribution is 2.38. The molecule has 0 heterocycles. The van der Waals surface area contributed by atoms with Crippen molar-refractivity contribution in [2.24, 2.45) is 0 Å². The van der Waals surface area contributed by atoms with Crippen LogP contribution in [-0.2, 0) is 21.0 Å². The van der Waals surface area contributed by atoms with E-state index in [9.17, 15) is 26.4 Å². The number of sulfonamides is 1. The van der Waals surface area contributed by atoms with Gasteiger partial charge in [0.2, 0.25) is 5.91 Å². The first kappa shape index (κ1) is 23.9. The highest BCUT2D eigenvalue weighted by Gasteiger charge is 2.35. The van der Waals surface area contributed by atoms with Gasteiger partial charge in [-0.2, -0.15) is 13.2 Å². The van der Waals surface area contributed by atoms with E-state index in [0.29, 0.717) is 21.1 Å². The third-order valence-corrected chi connectivity index (χ3v) is 6.62. The number of rotatable bonds is 6. The molecular formula is C21H15Cl2F3N2O3S. The lowest BCUT2D eigenvalue weighted by Gasteiger charge is -2.25. The highest BCUT2D eigenvalue weighted by atomic mass is 35.5. The van der Waals surface area contributed by atoms with E-state index in [2.05, 4.69) is 5.32 Å². The Hall–Kier alpha value is -2.75. The molecule has 1 amide bonds. The van der Waals surface area contributed by atoms with Gasteiger partial charge in [-0.05, 0) is 48.5 Å². The molecule has 0 fully saturated rings. The summed E-state index contributed by atoms with van der Waals surface area (Å²) in [5, 5.41) is 2.23. The summed E-state index contributed by atoms with van der Waals surface area (Å²) in [7, 11) is -4.39. The molecule has 0 aliphatic carbocycles. The molecule has 5 nitrogen and oxygen atoms in total. The number of benzene rings is 3. The summed E-state index contributed by atoms with van der Waals surface area (Å²) in [6.07, 6.45) is -4.82. The molecule has 0 atom stereocenters. The minimum Gasteiger partial charge on any atom is -0.324 e. The van der Waals surface area contributed by atoms with Crippen LogP contribution in [0.2, 0.25) is 10.0 Å². The van der Waals surface area contributed by atoms with E-state index in [1.165, 1.54) is 36.4 Å². The standard InChI is InChI=1S/C21H15Cl2F3N2O3S/c22-14-5-4-6-15(11-14)27-20(29)13-28(32(30,31)17-7-2-1-3-8-17)16-9-10-19(23)18(12-16)21(24,25)26/h1-12H,13H2,(H,27,29). The topological polar surface area (TPSA) is 66.5 Å². The van der Waals surface area contributed by atoms with E-state index in [0.717, 1.165) is 12.1 Å². The predicted molar refractivity (Wildman–Crippen MR) is 118 cm³/mol. The van der Waals surface area contributed by atoms with Crippen LogP contribution in [0, 0.1) is 0 Å². The number of hydrogen-bond acceptors (Lipinski definition) is 3. The molecule has 3 aromatic rings. The number of alkyl halides is 3. The first-order valence-corrected chi connectivity index (χ1v) is 11.2. The smallest absolute Gasteiger partial charge is 0.324 e. The van der Waals surface area contributed by atoms with Gasteiger partial charge >= 0.3 is 6.18 Å². The van der Waals surface area contributed by atoms with Crippen molar-refractivity contribution in [3.8, 4) is 0 Å². The van der Waals surface area contributed by atoms with Crippen LogP contribution in [0.25, 0.3) is 0 Å². The average molecular weight is 503 g/mol. The summed E-state index contributed by atoms with van der Waals surface area (Å²) in [5.74, 6) is -0.782. The monoisotopic (exact) mass is 502 g/mol. The zero-order valence-electron chi connectivity index (χ0n) is 16.1. The molecule has 0 radical (unpaired) electrons. The minimum atomic E-state index is -4.82. The Morgan fingerprint density at radius 3 is 2.25 bits per heavy atom. The van der Waals surface area contributed by atoms with Gasteiger partial charge in [-0.15, -0.1) is 0 Å². The number of halogens is 5. The van der Waals surface area contributed by atoms with Crippen LogP contribution >= 0.6 is 23.2 Å². The molecular weight excluding hydrogens is 488 g/mol. The molecule has 0 saturated heterocycles. The number of nitrogens with zero attached hydrogens (tertiary/aromatic N) is 1. The van der Waals surface area contributed by atoms with Gasteiger partial charge in [0.25, 0.3) is 10.0 Å². The molecule has 11 heteroatoms. The van der Waals surface area contributed by atoms with Crippen molar-refractivity contribution in [1.82, 2.24) is 0 Å². The van der Waals surface area contributed by atoms with E-state index < -0.39 is 39.2 Å². The van der Waals surface area contributed by atoms with Crippen molar-refractivity contribution >= 4 is 50.5 Å². The number of anilines is 2. The lowest BCUT2D eigenvalue weighted by Crippen LogP contribution is -2.38. The van der Waals surface area contributed by atoms with Crippen LogP contribution in [0.5, 0.6) is 0 Å². The van der Waals surface area contributed by atoms with E-state index in [4.69, 9.17) is 23.2 Å². The largest absolute Gasteiger partial charge is 0.417 e.